The molecule has 0 saturated carbocycles. The van der Waals surface area contributed by atoms with E-state index < -0.39 is 6.10 Å². The number of anilines is 1. The fourth-order valence-electron chi connectivity index (χ4n) is 1.75. The fraction of sp³-hybridized carbons (Fsp3) is 0.231. The predicted molar refractivity (Wildman–Crippen MR) is 75.3 cm³/mol. The van der Waals surface area contributed by atoms with Crippen LogP contribution in [-0.2, 0) is 9.53 Å². The molecule has 0 radical (unpaired) electrons. The van der Waals surface area contributed by atoms with Crippen LogP contribution < -0.4 is 16.6 Å². The van der Waals surface area contributed by atoms with Gasteiger partial charge in [-0.3, -0.25) is 19.8 Å². The summed E-state index contributed by atoms with van der Waals surface area (Å²) < 4.78 is 4.95. The fourth-order valence-corrected chi connectivity index (χ4v) is 1.75. The molecule has 0 aliphatic carbocycles. The Kier molecular flexibility index (Phi) is 4.34. The summed E-state index contributed by atoms with van der Waals surface area (Å²) in [5.41, 5.74) is 7.38. The molecule has 106 valence electrons. The molecular weight excluding hydrogens is 260 g/mol. The van der Waals surface area contributed by atoms with Crippen molar-refractivity contribution in [2.75, 3.05) is 19.0 Å². The second-order valence-corrected chi connectivity index (χ2v) is 4.20. The number of aromatic amines is 2. The van der Waals surface area contributed by atoms with Gasteiger partial charge in [0, 0.05) is 25.4 Å². The van der Waals surface area contributed by atoms with Crippen molar-refractivity contribution in [3.05, 3.63) is 40.7 Å². The maximum absolute atomic E-state index is 11.8. The van der Waals surface area contributed by atoms with Crippen molar-refractivity contribution in [2.24, 2.45) is 5.73 Å². The minimum absolute atomic E-state index is 0.116. The molecule has 1 heterocycles. The summed E-state index contributed by atoms with van der Waals surface area (Å²) in [6.45, 7) is 0.116. The van der Waals surface area contributed by atoms with Gasteiger partial charge in [0.25, 0.3) is 11.5 Å². The highest BCUT2D eigenvalue weighted by atomic mass is 16.5. The third-order valence-corrected chi connectivity index (χ3v) is 2.85. The van der Waals surface area contributed by atoms with Crippen molar-refractivity contribution >= 4 is 11.6 Å². The highest BCUT2D eigenvalue weighted by molar-refractivity contribution is 5.94. The van der Waals surface area contributed by atoms with Crippen LogP contribution in [0.4, 0.5) is 5.69 Å². The lowest BCUT2D eigenvalue weighted by Gasteiger charge is -2.13. The predicted octanol–water partition coefficient (Wildman–Crippen LogP) is 0.282. The first-order valence-electron chi connectivity index (χ1n) is 6.06. The molecule has 7 nitrogen and oxygen atoms in total. The molecule has 1 aromatic heterocycles. The number of methoxy groups -OCH3 is 1. The molecule has 1 unspecified atom stereocenters. The molecule has 0 bridgehead atoms. The zero-order valence-electron chi connectivity index (χ0n) is 11.0. The van der Waals surface area contributed by atoms with Gasteiger partial charge in [0.1, 0.15) is 6.10 Å². The molecule has 1 aromatic carbocycles. The lowest BCUT2D eigenvalue weighted by atomic mass is 10.1. The van der Waals surface area contributed by atoms with Crippen LogP contribution in [0.2, 0.25) is 0 Å². The van der Waals surface area contributed by atoms with Gasteiger partial charge in [-0.25, -0.2) is 0 Å². The molecule has 2 aromatic rings. The Hall–Kier alpha value is -2.38. The molecular formula is C13H16N4O3. The van der Waals surface area contributed by atoms with Crippen LogP contribution in [0.5, 0.6) is 0 Å². The van der Waals surface area contributed by atoms with Crippen LogP contribution >= 0.6 is 0 Å². The van der Waals surface area contributed by atoms with Crippen LogP contribution in [-0.4, -0.2) is 35.9 Å². The monoisotopic (exact) mass is 276 g/mol. The average Bonchev–Trinajstić information content (AvgIpc) is 2.87. The normalized spacial score (nSPS) is 12.1. The highest BCUT2D eigenvalue weighted by Crippen LogP contribution is 2.18. The lowest BCUT2D eigenvalue weighted by molar-refractivity contribution is -0.125. The minimum atomic E-state index is -0.671. The van der Waals surface area contributed by atoms with Crippen LogP contribution in [0.1, 0.15) is 0 Å². The summed E-state index contributed by atoms with van der Waals surface area (Å²) in [6.07, 6.45) is -0.671. The first-order valence-corrected chi connectivity index (χ1v) is 6.06. The van der Waals surface area contributed by atoms with Crippen molar-refractivity contribution in [1.82, 2.24) is 10.2 Å². The minimum Gasteiger partial charge on any atom is -0.370 e. The molecule has 0 aliphatic heterocycles. The Morgan fingerprint density at radius 2 is 2.05 bits per heavy atom. The maximum atomic E-state index is 11.8. The summed E-state index contributed by atoms with van der Waals surface area (Å²) in [7, 11) is 1.43. The smallest absolute Gasteiger partial charge is 0.264 e. The van der Waals surface area contributed by atoms with E-state index in [-0.39, 0.29) is 18.0 Å². The first kappa shape index (κ1) is 14.0. The van der Waals surface area contributed by atoms with Crippen molar-refractivity contribution < 1.29 is 9.53 Å². The lowest BCUT2D eigenvalue weighted by Crippen LogP contribution is -2.35. The molecule has 2 rings (SSSR count). The topological polar surface area (TPSA) is 113 Å². The van der Waals surface area contributed by atoms with E-state index in [0.29, 0.717) is 11.4 Å². The molecule has 1 atom stereocenters. The Labute approximate surface area is 115 Å². The van der Waals surface area contributed by atoms with Gasteiger partial charge in [-0.15, -0.1) is 0 Å². The summed E-state index contributed by atoms with van der Waals surface area (Å²) in [5.74, 6) is -0.294. The average molecular weight is 276 g/mol. The number of carbonyl (C=O) groups excluding carboxylic acids is 1. The van der Waals surface area contributed by atoms with Crippen LogP contribution in [0.3, 0.4) is 0 Å². The summed E-state index contributed by atoms with van der Waals surface area (Å²) in [5, 5.41) is 7.92. The summed E-state index contributed by atoms with van der Waals surface area (Å²) in [6, 6.07) is 8.52. The van der Waals surface area contributed by atoms with Gasteiger partial charge in [0.15, 0.2) is 0 Å². The Morgan fingerprint density at radius 3 is 2.55 bits per heavy atom. The molecule has 0 saturated heterocycles. The summed E-state index contributed by atoms with van der Waals surface area (Å²) in [4.78, 5) is 22.8. The largest absolute Gasteiger partial charge is 0.370 e. The second-order valence-electron chi connectivity index (χ2n) is 4.20. The van der Waals surface area contributed by atoms with Gasteiger partial charge < -0.3 is 15.8 Å². The molecule has 1 amide bonds. The Morgan fingerprint density at radius 1 is 1.35 bits per heavy atom. The van der Waals surface area contributed by atoms with Crippen molar-refractivity contribution in [3.8, 4) is 11.3 Å². The summed E-state index contributed by atoms with van der Waals surface area (Å²) >= 11 is 0. The van der Waals surface area contributed by atoms with Crippen LogP contribution in [0, 0.1) is 0 Å². The maximum Gasteiger partial charge on any atom is 0.264 e. The molecule has 0 spiro atoms. The number of aromatic nitrogens is 2. The van der Waals surface area contributed by atoms with Gasteiger partial charge >= 0.3 is 0 Å². The van der Waals surface area contributed by atoms with Gasteiger partial charge in [0.2, 0.25) is 0 Å². The van der Waals surface area contributed by atoms with E-state index in [1.54, 1.807) is 24.3 Å². The number of amides is 1. The number of rotatable bonds is 5. The van der Waals surface area contributed by atoms with Crippen molar-refractivity contribution in [3.63, 3.8) is 0 Å². The van der Waals surface area contributed by atoms with E-state index in [0.717, 1.165) is 5.56 Å². The van der Waals surface area contributed by atoms with E-state index in [2.05, 4.69) is 15.5 Å². The van der Waals surface area contributed by atoms with E-state index in [9.17, 15) is 9.59 Å². The molecule has 20 heavy (non-hydrogen) atoms. The number of hydrogen-bond acceptors (Lipinski definition) is 4. The van der Waals surface area contributed by atoms with Crippen LogP contribution in [0.25, 0.3) is 11.3 Å². The third-order valence-electron chi connectivity index (χ3n) is 2.85. The number of carbonyl (C=O) groups is 1. The Bertz CT molecular complexity index is 626. The quantitative estimate of drug-likeness (QED) is 0.628. The third kappa shape index (κ3) is 3.14. The number of hydrogen-bond donors (Lipinski definition) is 4. The van der Waals surface area contributed by atoms with E-state index in [4.69, 9.17) is 10.5 Å². The van der Waals surface area contributed by atoms with Gasteiger partial charge in [-0.05, 0) is 17.7 Å². The highest BCUT2D eigenvalue weighted by Gasteiger charge is 2.15. The number of ether oxygens (including phenoxy) is 1. The van der Waals surface area contributed by atoms with Gasteiger partial charge in [0.05, 0.1) is 5.69 Å². The van der Waals surface area contributed by atoms with Gasteiger partial charge in [-0.2, -0.15) is 0 Å². The number of benzene rings is 1. The Balaban J connectivity index is 2.09. The molecule has 7 heteroatoms. The van der Waals surface area contributed by atoms with Crippen molar-refractivity contribution in [1.29, 1.82) is 0 Å². The van der Waals surface area contributed by atoms with Crippen LogP contribution in [0.15, 0.2) is 35.1 Å². The molecule has 5 N–H and O–H groups in total. The number of nitrogens with two attached hydrogens (primary N) is 1. The molecule has 0 fully saturated rings. The first-order chi connectivity index (χ1) is 9.63. The zero-order valence-corrected chi connectivity index (χ0v) is 11.0. The zero-order chi connectivity index (χ0) is 14.5. The number of H-pyrrole nitrogens is 2. The molecule has 0 aliphatic rings. The second kappa shape index (κ2) is 6.18. The SMILES string of the molecule is COC(CN)C(=O)Nc1ccc(-c2cc(=O)[nH][nH]2)cc1. The number of nitrogens with one attached hydrogen (secondary N) is 3. The van der Waals surface area contributed by atoms with E-state index in [1.807, 2.05) is 0 Å². The van der Waals surface area contributed by atoms with E-state index >= 15 is 0 Å². The van der Waals surface area contributed by atoms with Gasteiger partial charge in [-0.1, -0.05) is 12.1 Å². The van der Waals surface area contributed by atoms with E-state index in [1.165, 1.54) is 13.2 Å². The van der Waals surface area contributed by atoms with Crippen molar-refractivity contribution in [2.45, 2.75) is 6.10 Å². The standard InChI is InChI=1S/C13H16N4O3/c1-20-11(7-14)13(19)15-9-4-2-8(3-5-9)10-6-12(18)17-16-10/h2-6,11H,7,14H2,1H3,(H,15,19)(H2,16,17,18).